The molecule has 44 heavy (non-hydrogen) atoms. The summed E-state index contributed by atoms with van der Waals surface area (Å²) in [5.74, 6) is 0.573. The van der Waals surface area contributed by atoms with Gasteiger partial charge in [-0.3, -0.25) is 13.9 Å². The number of amides is 2. The maximum Gasteiger partial charge on any atom is 0.243 e. The van der Waals surface area contributed by atoms with E-state index in [2.05, 4.69) is 5.32 Å². The minimum absolute atomic E-state index is 0.0286. The van der Waals surface area contributed by atoms with E-state index < -0.39 is 21.6 Å². The number of hydrogen-bond donors (Lipinski definition) is 1. The Kier molecular flexibility index (Phi) is 12.2. The molecule has 0 saturated heterocycles. The van der Waals surface area contributed by atoms with Gasteiger partial charge in [0.15, 0.2) is 0 Å². The average Bonchev–Trinajstić information content (AvgIpc) is 2.97. The van der Waals surface area contributed by atoms with Crippen molar-refractivity contribution in [1.29, 1.82) is 0 Å². The maximum absolute atomic E-state index is 14.1. The van der Waals surface area contributed by atoms with Gasteiger partial charge in [-0.1, -0.05) is 54.6 Å². The number of carbonyl (C=O) groups excluding carboxylic acids is 2. The molecule has 0 aliphatic carbocycles. The zero-order chi connectivity index (χ0) is 32.3. The van der Waals surface area contributed by atoms with Gasteiger partial charge in [0, 0.05) is 31.5 Å². The van der Waals surface area contributed by atoms with Crippen LogP contribution in [0.4, 0.5) is 5.69 Å². The first-order valence-electron chi connectivity index (χ1n) is 14.8. The van der Waals surface area contributed by atoms with Crippen LogP contribution in [0.15, 0.2) is 78.9 Å². The molecule has 2 amide bonds. The molecule has 0 radical (unpaired) electrons. The Morgan fingerprint density at radius 3 is 2.23 bits per heavy atom. The molecule has 1 N–H and O–H groups in total. The lowest BCUT2D eigenvalue weighted by atomic mass is 10.00. The zero-order valence-corrected chi connectivity index (χ0v) is 27.4. The standard InChI is InChI=1S/C34H45N3O6S/c1-7-43-31-20-12-11-19-29(31)37(44(6,40)41)22-14-21-32(38)36(25-27-17-13-18-28(23-27)42-5)30(33(39)35-34(2,3)4)24-26-15-9-8-10-16-26/h8-13,15-20,23,30H,7,14,21-22,24-25H2,1-6H3,(H,35,39)/t30-/m0/s1. The number of benzene rings is 3. The molecule has 0 spiro atoms. The number of anilines is 1. The van der Waals surface area contributed by atoms with Crippen LogP contribution >= 0.6 is 0 Å². The van der Waals surface area contributed by atoms with Crippen LogP contribution in [-0.2, 0) is 32.6 Å². The fourth-order valence-electron chi connectivity index (χ4n) is 4.90. The quantitative estimate of drug-likeness (QED) is 0.250. The van der Waals surface area contributed by atoms with Crippen molar-refractivity contribution < 1.29 is 27.5 Å². The van der Waals surface area contributed by atoms with E-state index in [1.807, 2.05) is 82.3 Å². The van der Waals surface area contributed by atoms with E-state index in [0.29, 0.717) is 30.2 Å². The van der Waals surface area contributed by atoms with Crippen LogP contribution in [-0.4, -0.2) is 63.2 Å². The van der Waals surface area contributed by atoms with Gasteiger partial charge < -0.3 is 19.7 Å². The fraction of sp³-hybridized carbons (Fsp3) is 0.412. The Balaban J connectivity index is 1.93. The number of nitrogens with one attached hydrogen (secondary N) is 1. The van der Waals surface area contributed by atoms with Crippen LogP contribution in [0.1, 0.15) is 51.7 Å². The van der Waals surface area contributed by atoms with E-state index in [9.17, 15) is 18.0 Å². The van der Waals surface area contributed by atoms with E-state index in [0.717, 1.165) is 17.4 Å². The SMILES string of the molecule is CCOc1ccccc1N(CCCC(=O)N(Cc1cccc(OC)c1)[C@@H](Cc1ccccc1)C(=O)NC(C)(C)C)S(C)(=O)=O. The van der Waals surface area contributed by atoms with Gasteiger partial charge in [-0.25, -0.2) is 8.42 Å². The maximum atomic E-state index is 14.1. The summed E-state index contributed by atoms with van der Waals surface area (Å²) in [5.41, 5.74) is 1.63. The van der Waals surface area contributed by atoms with Gasteiger partial charge in [0.2, 0.25) is 21.8 Å². The molecule has 3 aromatic carbocycles. The van der Waals surface area contributed by atoms with Crippen molar-refractivity contribution in [2.45, 2.75) is 65.1 Å². The van der Waals surface area contributed by atoms with Crippen molar-refractivity contribution in [2.75, 3.05) is 30.8 Å². The summed E-state index contributed by atoms with van der Waals surface area (Å²) in [5, 5.41) is 3.06. The highest BCUT2D eigenvalue weighted by molar-refractivity contribution is 7.92. The predicted molar refractivity (Wildman–Crippen MR) is 174 cm³/mol. The van der Waals surface area contributed by atoms with Crippen molar-refractivity contribution in [3.8, 4) is 11.5 Å². The molecule has 0 aliphatic rings. The first-order chi connectivity index (χ1) is 20.8. The third kappa shape index (κ3) is 10.3. The van der Waals surface area contributed by atoms with Crippen LogP contribution in [0.25, 0.3) is 0 Å². The van der Waals surface area contributed by atoms with Crippen molar-refractivity contribution in [3.05, 3.63) is 90.0 Å². The molecule has 10 heteroatoms. The number of carbonyl (C=O) groups is 2. The summed E-state index contributed by atoms with van der Waals surface area (Å²) in [6, 6.07) is 23.1. The average molecular weight is 624 g/mol. The second kappa shape index (κ2) is 15.6. The van der Waals surface area contributed by atoms with E-state index in [4.69, 9.17) is 9.47 Å². The molecule has 3 aromatic rings. The van der Waals surface area contributed by atoms with Crippen LogP contribution in [0.5, 0.6) is 11.5 Å². The Morgan fingerprint density at radius 2 is 1.59 bits per heavy atom. The minimum Gasteiger partial charge on any atom is -0.497 e. The molecule has 9 nitrogen and oxygen atoms in total. The zero-order valence-electron chi connectivity index (χ0n) is 26.6. The lowest BCUT2D eigenvalue weighted by Crippen LogP contribution is -2.54. The van der Waals surface area contributed by atoms with Gasteiger partial charge in [0.1, 0.15) is 17.5 Å². The van der Waals surface area contributed by atoms with Crippen molar-refractivity contribution in [3.63, 3.8) is 0 Å². The molecule has 0 fully saturated rings. The van der Waals surface area contributed by atoms with Gasteiger partial charge in [0.05, 0.1) is 25.7 Å². The Morgan fingerprint density at radius 1 is 0.932 bits per heavy atom. The summed E-state index contributed by atoms with van der Waals surface area (Å²) in [4.78, 5) is 29.5. The monoisotopic (exact) mass is 623 g/mol. The molecule has 3 rings (SSSR count). The first kappa shape index (κ1) is 34.4. The number of sulfonamides is 1. The summed E-state index contributed by atoms with van der Waals surface area (Å²) < 4.78 is 38.0. The Hall–Kier alpha value is -4.05. The second-order valence-corrected chi connectivity index (χ2v) is 13.6. The second-order valence-electron chi connectivity index (χ2n) is 11.7. The summed E-state index contributed by atoms with van der Waals surface area (Å²) >= 11 is 0. The van der Waals surface area contributed by atoms with Crippen molar-refractivity contribution in [1.82, 2.24) is 10.2 Å². The molecular weight excluding hydrogens is 578 g/mol. The van der Waals surface area contributed by atoms with Crippen LogP contribution in [0.3, 0.4) is 0 Å². The molecule has 0 saturated carbocycles. The summed E-state index contributed by atoms with van der Waals surface area (Å²) in [7, 11) is -2.10. The largest absolute Gasteiger partial charge is 0.497 e. The van der Waals surface area contributed by atoms with E-state index in [1.165, 1.54) is 4.31 Å². The molecule has 0 unspecified atom stereocenters. The smallest absolute Gasteiger partial charge is 0.243 e. The summed E-state index contributed by atoms with van der Waals surface area (Å²) in [6.45, 7) is 8.16. The van der Waals surface area contributed by atoms with Crippen molar-refractivity contribution >= 4 is 27.5 Å². The minimum atomic E-state index is -3.67. The lowest BCUT2D eigenvalue weighted by molar-refractivity contribution is -0.142. The molecule has 0 heterocycles. The van der Waals surface area contributed by atoms with Crippen LogP contribution in [0, 0.1) is 0 Å². The van der Waals surface area contributed by atoms with Gasteiger partial charge in [0.25, 0.3) is 0 Å². The number of nitrogens with zero attached hydrogens (tertiary/aromatic N) is 2. The van der Waals surface area contributed by atoms with Crippen LogP contribution in [0.2, 0.25) is 0 Å². The van der Waals surface area contributed by atoms with E-state index >= 15 is 0 Å². The molecule has 0 aromatic heterocycles. The highest BCUT2D eigenvalue weighted by atomic mass is 32.2. The third-order valence-electron chi connectivity index (χ3n) is 6.84. The highest BCUT2D eigenvalue weighted by Gasteiger charge is 2.32. The number of methoxy groups -OCH3 is 1. The van der Waals surface area contributed by atoms with E-state index in [-0.39, 0.29) is 37.7 Å². The highest BCUT2D eigenvalue weighted by Crippen LogP contribution is 2.30. The van der Waals surface area contributed by atoms with Gasteiger partial charge in [-0.15, -0.1) is 0 Å². The van der Waals surface area contributed by atoms with Crippen molar-refractivity contribution in [2.24, 2.45) is 0 Å². The Labute approximate surface area is 262 Å². The molecular formula is C34H45N3O6S. The number of para-hydroxylation sites is 2. The van der Waals surface area contributed by atoms with Gasteiger partial charge in [-0.2, -0.15) is 0 Å². The Bertz CT molecular complexity index is 1490. The van der Waals surface area contributed by atoms with Gasteiger partial charge in [-0.05, 0) is 69.5 Å². The first-order valence-corrected chi connectivity index (χ1v) is 16.6. The summed E-state index contributed by atoms with van der Waals surface area (Å²) in [6.07, 6.45) is 1.72. The molecule has 0 aliphatic heterocycles. The molecule has 238 valence electrons. The number of ether oxygens (including phenoxy) is 2. The fourth-order valence-corrected chi connectivity index (χ4v) is 5.87. The predicted octanol–water partition coefficient (Wildman–Crippen LogP) is 5.19. The van der Waals surface area contributed by atoms with Crippen LogP contribution < -0.4 is 19.1 Å². The van der Waals surface area contributed by atoms with E-state index in [1.54, 1.807) is 36.3 Å². The number of rotatable bonds is 15. The normalized spacial score (nSPS) is 12.2. The third-order valence-corrected chi connectivity index (χ3v) is 8.02. The lowest BCUT2D eigenvalue weighted by Gasteiger charge is -2.34. The topological polar surface area (TPSA) is 105 Å². The van der Waals surface area contributed by atoms with Gasteiger partial charge >= 0.3 is 0 Å². The molecule has 1 atom stereocenters. The number of hydrogen-bond acceptors (Lipinski definition) is 6. The molecule has 0 bridgehead atoms.